The topological polar surface area (TPSA) is 88.5 Å². The van der Waals surface area contributed by atoms with E-state index in [2.05, 4.69) is 17.2 Å². The van der Waals surface area contributed by atoms with Crippen LogP contribution >= 0.6 is 11.6 Å². The zero-order valence-corrected chi connectivity index (χ0v) is 22.9. The zero-order valence-electron chi connectivity index (χ0n) is 22.2. The molecule has 2 N–H and O–H groups in total. The number of carbonyl (C=O) groups excluding carboxylic acids is 2. The number of hydrogen-bond donors (Lipinski definition) is 2. The first-order valence-corrected chi connectivity index (χ1v) is 12.6. The van der Waals surface area contributed by atoms with E-state index in [4.69, 9.17) is 16.3 Å². The van der Waals surface area contributed by atoms with E-state index in [1.165, 1.54) is 26.1 Å². The molecule has 0 aliphatic heterocycles. The Labute approximate surface area is 214 Å². The second kappa shape index (κ2) is 12.0. The van der Waals surface area contributed by atoms with Gasteiger partial charge in [-0.3, -0.25) is 9.59 Å². The number of aliphatic hydroxyl groups is 1. The van der Waals surface area contributed by atoms with Gasteiger partial charge in [-0.1, -0.05) is 51.4 Å². The number of carbonyl (C=O) groups is 2. The standard InChI is InChI=1S/C20H23ClN2O3.C8H16O/c1-6-13-8-7-9-15(17(13)18(24)11(2)3)23-19(25)16-12(4)20(26-5)22-10-14(16)21;1-6(7-4-5-7)8(2,3)9/h7-11H,6H2,1-5H3,(H,23,25);6-7,9H,4-5H2,1-3H3. The fourth-order valence-electron chi connectivity index (χ4n) is 3.98. The van der Waals surface area contributed by atoms with Crippen LogP contribution in [0.15, 0.2) is 24.4 Å². The van der Waals surface area contributed by atoms with Crippen molar-refractivity contribution >= 4 is 29.0 Å². The van der Waals surface area contributed by atoms with Crippen molar-refractivity contribution in [2.45, 2.75) is 73.3 Å². The van der Waals surface area contributed by atoms with Crippen molar-refractivity contribution in [3.63, 3.8) is 0 Å². The van der Waals surface area contributed by atoms with Crippen molar-refractivity contribution in [3.8, 4) is 5.88 Å². The summed E-state index contributed by atoms with van der Waals surface area (Å²) in [4.78, 5) is 29.6. The number of nitrogens with zero attached hydrogens (tertiary/aromatic N) is 1. The van der Waals surface area contributed by atoms with Gasteiger partial charge in [0, 0.05) is 17.0 Å². The number of pyridine rings is 1. The largest absolute Gasteiger partial charge is 0.481 e. The van der Waals surface area contributed by atoms with Crippen LogP contribution in [0.4, 0.5) is 5.69 Å². The second-order valence-electron chi connectivity index (χ2n) is 10.1. The molecule has 192 valence electrons. The number of nitrogens with one attached hydrogen (secondary N) is 1. The van der Waals surface area contributed by atoms with E-state index in [0.29, 0.717) is 35.0 Å². The summed E-state index contributed by atoms with van der Waals surface area (Å²) < 4.78 is 5.17. The average molecular weight is 503 g/mol. The quantitative estimate of drug-likeness (QED) is 0.402. The summed E-state index contributed by atoms with van der Waals surface area (Å²) in [6.45, 7) is 13.3. The Morgan fingerprint density at radius 2 is 1.86 bits per heavy atom. The third kappa shape index (κ3) is 7.28. The lowest BCUT2D eigenvalue weighted by Gasteiger charge is -2.25. The van der Waals surface area contributed by atoms with Crippen molar-refractivity contribution < 1.29 is 19.4 Å². The fourth-order valence-corrected chi connectivity index (χ4v) is 4.26. The number of ether oxygens (including phenoxy) is 1. The maximum absolute atomic E-state index is 12.9. The Hall–Kier alpha value is -2.44. The van der Waals surface area contributed by atoms with Gasteiger partial charge in [-0.05, 0) is 63.5 Å². The Balaban J connectivity index is 0.000000402. The molecule has 1 unspecified atom stereocenters. The number of hydrogen-bond acceptors (Lipinski definition) is 5. The van der Waals surface area contributed by atoms with Crippen LogP contribution in [-0.2, 0) is 6.42 Å². The predicted octanol–water partition coefficient (Wildman–Crippen LogP) is 6.51. The van der Waals surface area contributed by atoms with Gasteiger partial charge in [0.25, 0.3) is 5.91 Å². The summed E-state index contributed by atoms with van der Waals surface area (Å²) in [6.07, 6.45) is 4.72. The lowest BCUT2D eigenvalue weighted by molar-refractivity contribution is 0.0155. The van der Waals surface area contributed by atoms with Crippen LogP contribution < -0.4 is 10.1 Å². The van der Waals surface area contributed by atoms with E-state index in [1.54, 1.807) is 13.0 Å². The van der Waals surface area contributed by atoms with E-state index in [-0.39, 0.29) is 22.3 Å². The normalized spacial score (nSPS) is 14.1. The lowest BCUT2D eigenvalue weighted by Crippen LogP contribution is -2.29. The molecule has 0 saturated heterocycles. The van der Waals surface area contributed by atoms with Crippen LogP contribution in [0.5, 0.6) is 5.88 Å². The number of anilines is 1. The minimum Gasteiger partial charge on any atom is -0.481 e. The highest BCUT2D eigenvalue weighted by Crippen LogP contribution is 2.41. The van der Waals surface area contributed by atoms with Gasteiger partial charge in [-0.15, -0.1) is 0 Å². The van der Waals surface area contributed by atoms with Gasteiger partial charge in [0.05, 0.1) is 35.2 Å². The first-order valence-electron chi connectivity index (χ1n) is 12.2. The van der Waals surface area contributed by atoms with Gasteiger partial charge >= 0.3 is 0 Å². The molecule has 1 aliphatic carbocycles. The van der Waals surface area contributed by atoms with Crippen molar-refractivity contribution in [2.24, 2.45) is 17.8 Å². The second-order valence-corrected chi connectivity index (χ2v) is 10.5. The molecule has 1 aromatic carbocycles. The molecule has 0 radical (unpaired) electrons. The molecule has 1 aliphatic rings. The number of aryl methyl sites for hydroxylation is 1. The van der Waals surface area contributed by atoms with Crippen molar-refractivity contribution in [2.75, 3.05) is 12.4 Å². The van der Waals surface area contributed by atoms with Crippen LogP contribution in [0.3, 0.4) is 0 Å². The molecule has 2 aromatic rings. The summed E-state index contributed by atoms with van der Waals surface area (Å²) in [5, 5.41) is 12.6. The molecule has 1 fully saturated rings. The van der Waals surface area contributed by atoms with Crippen LogP contribution in [0.2, 0.25) is 5.02 Å². The lowest BCUT2D eigenvalue weighted by atomic mass is 9.89. The minimum atomic E-state index is -0.457. The first-order chi connectivity index (χ1) is 16.3. The van der Waals surface area contributed by atoms with Crippen LogP contribution in [0.25, 0.3) is 0 Å². The molecule has 1 amide bonds. The maximum Gasteiger partial charge on any atom is 0.257 e. The molecule has 1 heterocycles. The summed E-state index contributed by atoms with van der Waals surface area (Å²) in [7, 11) is 1.48. The van der Waals surface area contributed by atoms with Gasteiger partial charge in [0.1, 0.15) is 0 Å². The number of aromatic nitrogens is 1. The van der Waals surface area contributed by atoms with Crippen molar-refractivity contribution in [1.82, 2.24) is 4.98 Å². The fraction of sp³-hybridized carbons (Fsp3) is 0.536. The molecule has 0 bridgehead atoms. The molecule has 3 rings (SSSR count). The number of methoxy groups -OCH3 is 1. The molecule has 6 nitrogen and oxygen atoms in total. The molecule has 1 aromatic heterocycles. The summed E-state index contributed by atoms with van der Waals surface area (Å²) >= 11 is 6.19. The SMILES string of the molecule is CC(C1CC1)C(C)(C)O.CCc1cccc(NC(=O)c2c(Cl)cnc(OC)c2C)c1C(=O)C(C)C. The van der Waals surface area contributed by atoms with Gasteiger partial charge in [-0.25, -0.2) is 4.98 Å². The smallest absolute Gasteiger partial charge is 0.257 e. The predicted molar refractivity (Wildman–Crippen MR) is 142 cm³/mol. The number of ketones is 1. The third-order valence-electron chi connectivity index (χ3n) is 6.64. The summed E-state index contributed by atoms with van der Waals surface area (Å²) in [5.41, 5.74) is 2.30. The number of benzene rings is 1. The monoisotopic (exact) mass is 502 g/mol. The average Bonchev–Trinajstić information content (AvgIpc) is 3.63. The van der Waals surface area contributed by atoms with E-state index in [9.17, 15) is 14.7 Å². The number of rotatable bonds is 8. The van der Waals surface area contributed by atoms with Crippen molar-refractivity contribution in [1.29, 1.82) is 0 Å². The molecule has 1 saturated carbocycles. The Morgan fingerprint density at radius 1 is 1.23 bits per heavy atom. The van der Waals surface area contributed by atoms with Crippen LogP contribution in [0.1, 0.15) is 86.2 Å². The number of halogens is 1. The Kier molecular flexibility index (Phi) is 9.87. The van der Waals surface area contributed by atoms with Gasteiger partial charge < -0.3 is 15.2 Å². The number of Topliss-reactive ketones (excluding diaryl/α,β-unsaturated/α-hetero) is 1. The van der Waals surface area contributed by atoms with E-state index < -0.39 is 11.5 Å². The van der Waals surface area contributed by atoms with Crippen molar-refractivity contribution in [3.05, 3.63) is 51.7 Å². The van der Waals surface area contributed by atoms with E-state index in [1.807, 2.05) is 46.8 Å². The van der Waals surface area contributed by atoms with Gasteiger partial charge in [0.2, 0.25) is 5.88 Å². The van der Waals surface area contributed by atoms with Gasteiger partial charge in [0.15, 0.2) is 5.78 Å². The van der Waals surface area contributed by atoms with E-state index in [0.717, 1.165) is 11.5 Å². The Bertz CT molecular complexity index is 1060. The summed E-state index contributed by atoms with van der Waals surface area (Å²) in [5.74, 6) is 1.04. The molecule has 1 atom stereocenters. The molecular formula is C28H39ClN2O4. The summed E-state index contributed by atoms with van der Waals surface area (Å²) in [6, 6.07) is 5.46. The van der Waals surface area contributed by atoms with Gasteiger partial charge in [-0.2, -0.15) is 0 Å². The molecule has 35 heavy (non-hydrogen) atoms. The van der Waals surface area contributed by atoms with E-state index >= 15 is 0 Å². The van der Waals surface area contributed by atoms with Crippen LogP contribution in [-0.4, -0.2) is 34.5 Å². The first kappa shape index (κ1) is 28.8. The zero-order chi connectivity index (χ0) is 26.5. The maximum atomic E-state index is 12.9. The highest BCUT2D eigenvalue weighted by Gasteiger charge is 2.36. The number of amides is 1. The highest BCUT2D eigenvalue weighted by atomic mass is 35.5. The Morgan fingerprint density at radius 3 is 2.31 bits per heavy atom. The highest BCUT2D eigenvalue weighted by molar-refractivity contribution is 6.34. The molecule has 7 heteroatoms. The minimum absolute atomic E-state index is 0.00659. The van der Waals surface area contributed by atoms with Crippen LogP contribution in [0, 0.1) is 24.7 Å². The molecule has 0 spiro atoms. The molecular weight excluding hydrogens is 464 g/mol. The third-order valence-corrected chi connectivity index (χ3v) is 6.93.